The molecule has 0 radical (unpaired) electrons. The Hall–Kier alpha value is -2.59. The highest BCUT2D eigenvalue weighted by molar-refractivity contribution is 7.88. The molecule has 116 valence electrons. The highest BCUT2D eigenvalue weighted by atomic mass is 32.2. The summed E-state index contributed by atoms with van der Waals surface area (Å²) in [7, 11) is -3.31. The first-order chi connectivity index (χ1) is 11.0. The van der Waals surface area contributed by atoms with Gasteiger partial charge in [-0.05, 0) is 22.3 Å². The molecule has 0 atom stereocenters. The van der Waals surface area contributed by atoms with E-state index in [4.69, 9.17) is 0 Å². The molecule has 4 heteroatoms. The molecule has 0 heterocycles. The van der Waals surface area contributed by atoms with E-state index >= 15 is 0 Å². The molecule has 23 heavy (non-hydrogen) atoms. The molecule has 1 aromatic rings. The SMILES string of the molecule is CS(=O)(=O)N/C=C(\c1ccccc1)c1ccc2cccccc1-2. The first kappa shape index (κ1) is 15.3. The van der Waals surface area contributed by atoms with Gasteiger partial charge in [0.15, 0.2) is 0 Å². The molecule has 0 fully saturated rings. The highest BCUT2D eigenvalue weighted by Crippen LogP contribution is 2.34. The van der Waals surface area contributed by atoms with Gasteiger partial charge >= 0.3 is 0 Å². The van der Waals surface area contributed by atoms with Crippen molar-refractivity contribution >= 4 is 15.6 Å². The van der Waals surface area contributed by atoms with Crippen LogP contribution in [0.4, 0.5) is 0 Å². The maximum atomic E-state index is 11.5. The number of hydrogen-bond acceptors (Lipinski definition) is 2. The zero-order valence-electron chi connectivity index (χ0n) is 12.7. The van der Waals surface area contributed by atoms with Gasteiger partial charge in [-0.3, -0.25) is 4.72 Å². The lowest BCUT2D eigenvalue weighted by Gasteiger charge is -2.10. The lowest BCUT2D eigenvalue weighted by molar-refractivity contribution is 0.596. The van der Waals surface area contributed by atoms with Gasteiger partial charge in [-0.1, -0.05) is 72.8 Å². The van der Waals surface area contributed by atoms with Crippen molar-refractivity contribution in [1.82, 2.24) is 4.72 Å². The van der Waals surface area contributed by atoms with E-state index in [0.717, 1.165) is 34.1 Å². The minimum atomic E-state index is -3.31. The molecule has 0 bridgehead atoms. The van der Waals surface area contributed by atoms with Crippen molar-refractivity contribution in [3.63, 3.8) is 0 Å². The molecular weight excluding hydrogens is 306 g/mol. The van der Waals surface area contributed by atoms with Crippen LogP contribution in [0.5, 0.6) is 0 Å². The summed E-state index contributed by atoms with van der Waals surface area (Å²) < 4.78 is 25.5. The largest absolute Gasteiger partial charge is 0.290 e. The van der Waals surface area contributed by atoms with E-state index in [0.29, 0.717) is 0 Å². The molecule has 0 aliphatic heterocycles. The summed E-state index contributed by atoms with van der Waals surface area (Å²) in [5, 5.41) is 0. The minimum absolute atomic E-state index is 0.845. The smallest absolute Gasteiger partial charge is 0.229 e. The first-order valence-electron chi connectivity index (χ1n) is 7.26. The zero-order valence-corrected chi connectivity index (χ0v) is 13.5. The van der Waals surface area contributed by atoms with E-state index in [1.807, 2.05) is 72.8 Å². The van der Waals surface area contributed by atoms with Gasteiger partial charge in [-0.25, -0.2) is 8.42 Å². The summed E-state index contributed by atoms with van der Waals surface area (Å²) in [4.78, 5) is 0. The van der Waals surface area contributed by atoms with E-state index in [2.05, 4.69) is 4.72 Å². The van der Waals surface area contributed by atoms with E-state index < -0.39 is 10.0 Å². The average molecular weight is 323 g/mol. The maximum absolute atomic E-state index is 11.5. The summed E-state index contributed by atoms with van der Waals surface area (Å²) in [5.41, 5.74) is 5.00. The molecule has 2 aliphatic carbocycles. The predicted octanol–water partition coefficient (Wildman–Crippen LogP) is 3.73. The quantitative estimate of drug-likeness (QED) is 0.795. The topological polar surface area (TPSA) is 46.2 Å². The van der Waals surface area contributed by atoms with Crippen molar-refractivity contribution in [3.05, 3.63) is 90.1 Å². The fourth-order valence-corrected chi connectivity index (χ4v) is 2.88. The third-order valence-corrected chi connectivity index (χ3v) is 4.13. The van der Waals surface area contributed by atoms with Crippen LogP contribution in [0.15, 0.2) is 79.0 Å². The third kappa shape index (κ3) is 3.60. The van der Waals surface area contributed by atoms with Crippen LogP contribution in [-0.2, 0) is 10.0 Å². The first-order valence-corrected chi connectivity index (χ1v) is 9.15. The third-order valence-electron chi connectivity index (χ3n) is 3.58. The Kier molecular flexibility index (Phi) is 4.17. The van der Waals surface area contributed by atoms with Crippen molar-refractivity contribution < 1.29 is 8.42 Å². The number of sulfonamides is 1. The lowest BCUT2D eigenvalue weighted by Crippen LogP contribution is -2.15. The highest BCUT2D eigenvalue weighted by Gasteiger charge is 2.14. The van der Waals surface area contributed by atoms with Gasteiger partial charge in [0.05, 0.1) is 6.26 Å². The maximum Gasteiger partial charge on any atom is 0.229 e. The molecule has 0 unspecified atom stereocenters. The number of nitrogens with one attached hydrogen (secondary N) is 1. The van der Waals surface area contributed by atoms with Crippen molar-refractivity contribution in [2.45, 2.75) is 0 Å². The molecule has 0 saturated heterocycles. The fourth-order valence-electron chi connectivity index (χ4n) is 2.55. The summed E-state index contributed by atoms with van der Waals surface area (Å²) in [6, 6.07) is 23.9. The second-order valence-corrected chi connectivity index (χ2v) is 7.12. The molecule has 3 rings (SSSR count). The molecule has 0 spiro atoms. The van der Waals surface area contributed by atoms with Gasteiger partial charge in [0, 0.05) is 11.8 Å². The molecule has 3 nitrogen and oxygen atoms in total. The van der Waals surface area contributed by atoms with E-state index in [9.17, 15) is 8.42 Å². The van der Waals surface area contributed by atoms with Gasteiger partial charge in [-0.2, -0.15) is 0 Å². The Balaban J connectivity index is 2.16. The van der Waals surface area contributed by atoms with Crippen LogP contribution in [0, 0.1) is 0 Å². The van der Waals surface area contributed by atoms with Crippen LogP contribution in [0.1, 0.15) is 11.1 Å². The summed E-state index contributed by atoms with van der Waals surface area (Å²) >= 11 is 0. The van der Waals surface area contributed by atoms with Gasteiger partial charge in [-0.15, -0.1) is 0 Å². The number of hydrogen-bond donors (Lipinski definition) is 1. The Labute approximate surface area is 136 Å². The Morgan fingerprint density at radius 3 is 2.22 bits per heavy atom. The Morgan fingerprint density at radius 1 is 0.870 bits per heavy atom. The normalized spacial score (nSPS) is 12.3. The summed E-state index contributed by atoms with van der Waals surface area (Å²) in [5.74, 6) is 0. The van der Waals surface area contributed by atoms with E-state index in [-0.39, 0.29) is 0 Å². The van der Waals surface area contributed by atoms with Crippen LogP contribution in [0.2, 0.25) is 0 Å². The Morgan fingerprint density at radius 2 is 1.52 bits per heavy atom. The van der Waals surface area contributed by atoms with Crippen LogP contribution >= 0.6 is 0 Å². The van der Waals surface area contributed by atoms with Gasteiger partial charge in [0.25, 0.3) is 0 Å². The second kappa shape index (κ2) is 6.26. The molecule has 0 aromatic heterocycles. The Bertz CT molecular complexity index is 915. The van der Waals surface area contributed by atoms with Gasteiger partial charge < -0.3 is 0 Å². The van der Waals surface area contributed by atoms with Gasteiger partial charge in [0.2, 0.25) is 10.0 Å². The van der Waals surface area contributed by atoms with Crippen LogP contribution in [0.25, 0.3) is 16.7 Å². The number of rotatable bonds is 4. The van der Waals surface area contributed by atoms with Crippen LogP contribution in [-0.4, -0.2) is 14.7 Å². The van der Waals surface area contributed by atoms with E-state index in [1.165, 1.54) is 0 Å². The fraction of sp³-hybridized carbons (Fsp3) is 0.0526. The lowest BCUT2D eigenvalue weighted by atomic mass is 9.97. The van der Waals surface area contributed by atoms with E-state index in [1.54, 1.807) is 6.20 Å². The number of benzene rings is 1. The molecule has 1 N–H and O–H groups in total. The van der Waals surface area contributed by atoms with Gasteiger partial charge in [0.1, 0.15) is 0 Å². The van der Waals surface area contributed by atoms with Crippen LogP contribution in [0.3, 0.4) is 0 Å². The van der Waals surface area contributed by atoms with Crippen molar-refractivity contribution in [3.8, 4) is 11.1 Å². The number of fused-ring (bicyclic) bond motifs is 1. The zero-order chi connectivity index (χ0) is 16.3. The average Bonchev–Trinajstić information content (AvgIpc) is 2.77. The standard InChI is InChI=1S/C19H17NO2S/c1-23(21,22)20-14-19(15-8-4-2-5-9-15)18-13-12-16-10-6-3-7-11-17(16)18/h2-14,20H,1H3/b19-14+. The monoisotopic (exact) mass is 323 g/mol. The molecule has 0 saturated carbocycles. The molecular formula is C19H17NO2S. The second-order valence-electron chi connectivity index (χ2n) is 5.34. The van der Waals surface area contributed by atoms with Crippen molar-refractivity contribution in [1.29, 1.82) is 0 Å². The minimum Gasteiger partial charge on any atom is -0.290 e. The molecule has 2 aliphatic rings. The summed E-state index contributed by atoms with van der Waals surface area (Å²) in [6.07, 6.45) is 2.71. The summed E-state index contributed by atoms with van der Waals surface area (Å²) in [6.45, 7) is 0. The predicted molar refractivity (Wildman–Crippen MR) is 94.6 cm³/mol. The molecule has 1 aromatic carbocycles. The van der Waals surface area contributed by atoms with Crippen LogP contribution < -0.4 is 4.72 Å². The van der Waals surface area contributed by atoms with Crippen molar-refractivity contribution in [2.75, 3.05) is 6.26 Å². The van der Waals surface area contributed by atoms with Crippen molar-refractivity contribution in [2.24, 2.45) is 0 Å². The molecule has 0 amide bonds.